The topological polar surface area (TPSA) is 81.6 Å². The van der Waals surface area contributed by atoms with Crippen molar-refractivity contribution in [3.63, 3.8) is 0 Å². The van der Waals surface area contributed by atoms with Crippen molar-refractivity contribution in [1.82, 2.24) is 5.48 Å². The summed E-state index contributed by atoms with van der Waals surface area (Å²) in [5, 5.41) is 19.9. The van der Waals surface area contributed by atoms with Gasteiger partial charge in [0.1, 0.15) is 0 Å². The first kappa shape index (κ1) is 11.5. The first-order valence-electron chi connectivity index (χ1n) is 3.99. The number of aromatic carboxylic acids is 1. The first-order valence-corrected chi connectivity index (χ1v) is 4.78. The molecule has 0 amide bonds. The van der Waals surface area contributed by atoms with E-state index in [2.05, 4.69) is 21.2 Å². The lowest BCUT2D eigenvalue weighted by molar-refractivity contribution is 0.0698. The molecule has 0 bridgehead atoms. The predicted octanol–water partition coefficient (Wildman–Crippen LogP) is 2.01. The number of carbonyl (C=O) groups is 1. The van der Waals surface area contributed by atoms with Crippen LogP contribution >= 0.6 is 15.9 Å². The lowest BCUT2D eigenvalue weighted by atomic mass is 10.2. The molecular weight excluding hydrogens is 264 g/mol. The van der Waals surface area contributed by atoms with Crippen LogP contribution in [-0.4, -0.2) is 16.3 Å². The largest absolute Gasteiger partial charge is 0.478 e. The minimum atomic E-state index is -1.02. The maximum absolute atomic E-state index is 10.9. The molecule has 1 rings (SSSR count). The Morgan fingerprint density at radius 2 is 2.13 bits per heavy atom. The summed E-state index contributed by atoms with van der Waals surface area (Å²) in [6.07, 6.45) is 2.61. The zero-order valence-corrected chi connectivity index (χ0v) is 9.15. The molecule has 0 heterocycles. The highest BCUT2D eigenvalue weighted by Crippen LogP contribution is 2.20. The van der Waals surface area contributed by atoms with Gasteiger partial charge in [0.05, 0.1) is 11.3 Å². The number of hydrogen-bond donors (Lipinski definition) is 4. The summed E-state index contributed by atoms with van der Waals surface area (Å²) in [5.41, 5.74) is 2.39. The Bertz CT molecular complexity index is 393. The molecule has 1 aromatic carbocycles. The van der Waals surface area contributed by atoms with E-state index in [1.165, 1.54) is 18.5 Å². The van der Waals surface area contributed by atoms with Gasteiger partial charge in [-0.2, -0.15) is 0 Å². The van der Waals surface area contributed by atoms with Gasteiger partial charge in [0.25, 0.3) is 0 Å². The lowest BCUT2D eigenvalue weighted by Gasteiger charge is -2.05. The molecule has 15 heavy (non-hydrogen) atoms. The minimum Gasteiger partial charge on any atom is -0.478 e. The number of halogens is 1. The monoisotopic (exact) mass is 272 g/mol. The number of carboxylic acids is 1. The SMILES string of the molecule is O=C(O)c1cc(Br)ccc1N/C=C/NO. The molecule has 80 valence electrons. The lowest BCUT2D eigenvalue weighted by Crippen LogP contribution is -2.03. The first-order chi connectivity index (χ1) is 7.15. The van der Waals surface area contributed by atoms with Gasteiger partial charge in [0, 0.05) is 16.9 Å². The van der Waals surface area contributed by atoms with E-state index in [0.717, 1.165) is 0 Å². The van der Waals surface area contributed by atoms with E-state index < -0.39 is 5.97 Å². The smallest absolute Gasteiger partial charge is 0.337 e. The van der Waals surface area contributed by atoms with Crippen LogP contribution in [0, 0.1) is 0 Å². The van der Waals surface area contributed by atoms with Crippen molar-refractivity contribution in [2.24, 2.45) is 0 Å². The van der Waals surface area contributed by atoms with E-state index in [0.29, 0.717) is 10.2 Å². The average Bonchev–Trinajstić information content (AvgIpc) is 2.20. The summed E-state index contributed by atoms with van der Waals surface area (Å²) in [5.74, 6) is -1.02. The molecule has 0 aliphatic heterocycles. The number of anilines is 1. The van der Waals surface area contributed by atoms with Gasteiger partial charge in [0.2, 0.25) is 0 Å². The molecule has 0 aliphatic carbocycles. The summed E-state index contributed by atoms with van der Waals surface area (Å²) in [6.45, 7) is 0. The van der Waals surface area contributed by atoms with Crippen molar-refractivity contribution in [2.45, 2.75) is 0 Å². The van der Waals surface area contributed by atoms with Crippen LogP contribution in [0.15, 0.2) is 35.1 Å². The molecule has 5 nitrogen and oxygen atoms in total. The van der Waals surface area contributed by atoms with E-state index in [9.17, 15) is 4.79 Å². The van der Waals surface area contributed by atoms with Crippen LogP contribution in [0.4, 0.5) is 5.69 Å². The maximum Gasteiger partial charge on any atom is 0.337 e. The van der Waals surface area contributed by atoms with Gasteiger partial charge in [0.15, 0.2) is 0 Å². The van der Waals surface area contributed by atoms with Crippen LogP contribution in [0.25, 0.3) is 0 Å². The van der Waals surface area contributed by atoms with Crippen molar-refractivity contribution >= 4 is 27.6 Å². The zero-order chi connectivity index (χ0) is 11.3. The van der Waals surface area contributed by atoms with Gasteiger partial charge in [-0.25, -0.2) is 4.79 Å². The Labute approximate surface area is 94.5 Å². The molecule has 0 atom stereocenters. The van der Waals surface area contributed by atoms with Crippen molar-refractivity contribution in [3.8, 4) is 0 Å². The number of carboxylic acid groups (broad SMARTS) is 1. The molecule has 0 saturated carbocycles. The molecule has 0 radical (unpaired) electrons. The Hall–Kier alpha value is -1.53. The number of hydroxylamine groups is 1. The molecule has 6 heteroatoms. The second kappa shape index (κ2) is 5.38. The van der Waals surface area contributed by atoms with Crippen LogP contribution in [0.3, 0.4) is 0 Å². The van der Waals surface area contributed by atoms with E-state index in [1.807, 2.05) is 0 Å². The summed E-state index contributed by atoms with van der Waals surface area (Å²) in [4.78, 5) is 10.9. The third kappa shape index (κ3) is 3.26. The molecule has 0 fully saturated rings. The summed E-state index contributed by atoms with van der Waals surface area (Å²) < 4.78 is 0.690. The number of nitrogens with one attached hydrogen (secondary N) is 2. The Balaban J connectivity index is 2.95. The molecule has 0 saturated heterocycles. The predicted molar refractivity (Wildman–Crippen MR) is 58.8 cm³/mol. The quantitative estimate of drug-likeness (QED) is 0.631. The highest BCUT2D eigenvalue weighted by molar-refractivity contribution is 9.10. The highest BCUT2D eigenvalue weighted by Gasteiger charge is 2.08. The normalized spacial score (nSPS) is 10.3. The third-order valence-electron chi connectivity index (χ3n) is 1.61. The fourth-order valence-electron chi connectivity index (χ4n) is 0.988. The Kier molecular flexibility index (Phi) is 4.14. The van der Waals surface area contributed by atoms with E-state index in [-0.39, 0.29) is 5.56 Å². The Morgan fingerprint density at radius 1 is 1.40 bits per heavy atom. The summed E-state index contributed by atoms with van der Waals surface area (Å²) in [6, 6.07) is 4.83. The molecule has 1 aromatic rings. The van der Waals surface area contributed by atoms with E-state index in [4.69, 9.17) is 10.3 Å². The Morgan fingerprint density at radius 3 is 2.73 bits per heavy atom. The number of hydrogen-bond acceptors (Lipinski definition) is 4. The van der Waals surface area contributed by atoms with Crippen molar-refractivity contribution in [1.29, 1.82) is 0 Å². The fraction of sp³-hybridized carbons (Fsp3) is 0. The molecule has 0 aliphatic rings. The van der Waals surface area contributed by atoms with Gasteiger partial charge in [-0.1, -0.05) is 15.9 Å². The van der Waals surface area contributed by atoms with Crippen molar-refractivity contribution < 1.29 is 15.1 Å². The third-order valence-corrected chi connectivity index (χ3v) is 2.10. The van der Waals surface area contributed by atoms with Crippen LogP contribution in [0.5, 0.6) is 0 Å². The van der Waals surface area contributed by atoms with Crippen LogP contribution in [-0.2, 0) is 0 Å². The van der Waals surface area contributed by atoms with Crippen LogP contribution in [0.2, 0.25) is 0 Å². The summed E-state index contributed by atoms with van der Waals surface area (Å²) >= 11 is 3.18. The van der Waals surface area contributed by atoms with E-state index in [1.54, 1.807) is 17.6 Å². The second-order valence-electron chi connectivity index (χ2n) is 2.60. The fourth-order valence-corrected chi connectivity index (χ4v) is 1.35. The molecule has 0 aromatic heterocycles. The van der Waals surface area contributed by atoms with Gasteiger partial charge in [-0.3, -0.25) is 10.7 Å². The number of rotatable bonds is 4. The maximum atomic E-state index is 10.9. The van der Waals surface area contributed by atoms with Crippen molar-refractivity contribution in [2.75, 3.05) is 5.32 Å². The zero-order valence-electron chi connectivity index (χ0n) is 7.57. The van der Waals surface area contributed by atoms with Crippen molar-refractivity contribution in [3.05, 3.63) is 40.6 Å². The second-order valence-corrected chi connectivity index (χ2v) is 3.52. The van der Waals surface area contributed by atoms with Gasteiger partial charge >= 0.3 is 5.97 Å². The van der Waals surface area contributed by atoms with Gasteiger partial charge in [-0.05, 0) is 18.2 Å². The van der Waals surface area contributed by atoms with Crippen LogP contribution in [0.1, 0.15) is 10.4 Å². The van der Waals surface area contributed by atoms with Gasteiger partial charge < -0.3 is 10.4 Å². The highest BCUT2D eigenvalue weighted by atomic mass is 79.9. The summed E-state index contributed by atoms with van der Waals surface area (Å²) in [7, 11) is 0. The average molecular weight is 273 g/mol. The number of benzene rings is 1. The van der Waals surface area contributed by atoms with Crippen LogP contribution < -0.4 is 10.8 Å². The standard InChI is InChI=1S/C9H9BrN2O3/c10-6-1-2-8(11-3-4-12-15)7(5-6)9(13)14/h1-5,11-12,15H,(H,13,14)/b4-3+. The minimum absolute atomic E-state index is 0.145. The molecular formula is C9H9BrN2O3. The molecule has 4 N–H and O–H groups in total. The molecule has 0 spiro atoms. The molecule has 0 unspecified atom stereocenters. The van der Waals surface area contributed by atoms with E-state index >= 15 is 0 Å². The van der Waals surface area contributed by atoms with Gasteiger partial charge in [-0.15, -0.1) is 0 Å².